The molecular formula is C24H23F2N3O3S. The van der Waals surface area contributed by atoms with E-state index in [1.165, 1.54) is 30.3 Å². The third kappa shape index (κ3) is 5.61. The van der Waals surface area contributed by atoms with Crippen LogP contribution in [0.15, 0.2) is 53.9 Å². The lowest BCUT2D eigenvalue weighted by molar-refractivity contribution is -0.121. The van der Waals surface area contributed by atoms with Crippen molar-refractivity contribution in [2.24, 2.45) is 0 Å². The third-order valence-corrected chi connectivity index (χ3v) is 6.55. The first-order valence-electron chi connectivity index (χ1n) is 10.6. The fraction of sp³-hybridized carbons (Fsp3) is 0.292. The van der Waals surface area contributed by atoms with Gasteiger partial charge in [0.1, 0.15) is 11.6 Å². The Morgan fingerprint density at radius 2 is 1.88 bits per heavy atom. The van der Waals surface area contributed by atoms with Crippen LogP contribution in [0.1, 0.15) is 34.5 Å². The summed E-state index contributed by atoms with van der Waals surface area (Å²) < 4.78 is 33.1. The van der Waals surface area contributed by atoms with E-state index in [0.29, 0.717) is 38.3 Å². The largest absolute Gasteiger partial charge is 0.381 e. The van der Waals surface area contributed by atoms with Gasteiger partial charge in [-0.15, -0.1) is 11.3 Å². The van der Waals surface area contributed by atoms with Gasteiger partial charge in [0.25, 0.3) is 5.91 Å². The third-order valence-electron chi connectivity index (χ3n) is 5.74. The predicted octanol–water partition coefficient (Wildman–Crippen LogP) is 4.08. The number of amides is 2. The molecule has 0 unspecified atom stereocenters. The first-order chi connectivity index (χ1) is 15.9. The number of ether oxygens (including phenoxy) is 1. The second-order valence-electron chi connectivity index (χ2n) is 7.93. The Bertz CT molecular complexity index is 1150. The number of benzene rings is 2. The number of anilines is 1. The van der Waals surface area contributed by atoms with E-state index in [0.717, 1.165) is 16.9 Å². The zero-order valence-electron chi connectivity index (χ0n) is 17.8. The van der Waals surface area contributed by atoms with E-state index in [-0.39, 0.29) is 28.8 Å². The highest BCUT2D eigenvalue weighted by atomic mass is 32.1. The summed E-state index contributed by atoms with van der Waals surface area (Å²) in [7, 11) is 0. The summed E-state index contributed by atoms with van der Waals surface area (Å²) in [4.78, 5) is 29.1. The lowest BCUT2D eigenvalue weighted by atomic mass is 9.74. The van der Waals surface area contributed by atoms with Crippen LogP contribution < -0.4 is 10.6 Å². The van der Waals surface area contributed by atoms with Crippen molar-refractivity contribution in [1.29, 1.82) is 0 Å². The Balaban J connectivity index is 1.36. The van der Waals surface area contributed by atoms with Crippen molar-refractivity contribution in [2.75, 3.05) is 25.1 Å². The number of thiazole rings is 1. The van der Waals surface area contributed by atoms with E-state index >= 15 is 0 Å². The summed E-state index contributed by atoms with van der Waals surface area (Å²) in [6.07, 6.45) is 1.39. The van der Waals surface area contributed by atoms with E-state index in [4.69, 9.17) is 4.74 Å². The van der Waals surface area contributed by atoms with Crippen LogP contribution in [-0.2, 0) is 21.4 Å². The Kier molecular flexibility index (Phi) is 7.10. The second kappa shape index (κ2) is 10.2. The Hall–Kier alpha value is -3.17. The minimum absolute atomic E-state index is 0.0296. The van der Waals surface area contributed by atoms with Gasteiger partial charge in [-0.25, -0.2) is 13.8 Å². The van der Waals surface area contributed by atoms with Crippen molar-refractivity contribution >= 4 is 28.3 Å². The van der Waals surface area contributed by atoms with Gasteiger partial charge in [0, 0.05) is 30.6 Å². The number of hydrogen-bond donors (Lipinski definition) is 2. The molecule has 1 saturated heterocycles. The molecule has 0 saturated carbocycles. The summed E-state index contributed by atoms with van der Waals surface area (Å²) >= 11 is 1.16. The maximum absolute atomic E-state index is 13.8. The molecule has 4 rings (SSSR count). The van der Waals surface area contributed by atoms with Gasteiger partial charge in [0.05, 0.1) is 17.7 Å². The smallest absolute Gasteiger partial charge is 0.260 e. The summed E-state index contributed by atoms with van der Waals surface area (Å²) in [6.45, 7) is 1.45. The van der Waals surface area contributed by atoms with Gasteiger partial charge < -0.3 is 10.1 Å². The summed E-state index contributed by atoms with van der Waals surface area (Å²) in [5.41, 5.74) is 0.869. The highest BCUT2D eigenvalue weighted by Gasteiger charge is 2.35. The van der Waals surface area contributed by atoms with Crippen molar-refractivity contribution in [3.05, 3.63) is 82.4 Å². The monoisotopic (exact) mass is 471 g/mol. The SMILES string of the molecule is O=C(Cc1csc(NC(=O)c2ccccc2F)n1)NCC1(c2cccc(F)c2)CCOCC1. The topological polar surface area (TPSA) is 80.3 Å². The molecule has 6 nitrogen and oxygen atoms in total. The standard InChI is InChI=1S/C24H23F2N3O3S/c25-17-5-3-4-16(12-17)24(8-10-32-11-9-24)15-27-21(30)13-18-14-33-23(28-18)29-22(31)19-6-1-2-7-20(19)26/h1-7,12,14H,8-11,13,15H2,(H,27,30)(H,28,29,31). The average molecular weight is 472 g/mol. The van der Waals surface area contributed by atoms with Gasteiger partial charge in [-0.2, -0.15) is 0 Å². The van der Waals surface area contributed by atoms with Crippen molar-refractivity contribution in [3.8, 4) is 0 Å². The van der Waals surface area contributed by atoms with Gasteiger partial charge in [0.15, 0.2) is 5.13 Å². The van der Waals surface area contributed by atoms with Gasteiger partial charge in [-0.05, 0) is 42.7 Å². The lowest BCUT2D eigenvalue weighted by Crippen LogP contribution is -2.45. The Labute approximate surface area is 194 Å². The van der Waals surface area contributed by atoms with Crippen LogP contribution in [0.4, 0.5) is 13.9 Å². The Morgan fingerprint density at radius 3 is 2.64 bits per heavy atom. The molecule has 1 fully saturated rings. The lowest BCUT2D eigenvalue weighted by Gasteiger charge is -2.38. The zero-order chi connectivity index (χ0) is 23.3. The minimum atomic E-state index is -0.619. The molecule has 2 N–H and O–H groups in total. The maximum Gasteiger partial charge on any atom is 0.260 e. The van der Waals surface area contributed by atoms with Gasteiger partial charge in [-0.3, -0.25) is 14.9 Å². The first-order valence-corrected chi connectivity index (χ1v) is 11.4. The fourth-order valence-electron chi connectivity index (χ4n) is 3.90. The Morgan fingerprint density at radius 1 is 1.09 bits per heavy atom. The minimum Gasteiger partial charge on any atom is -0.381 e. The van der Waals surface area contributed by atoms with E-state index < -0.39 is 17.1 Å². The molecule has 0 atom stereocenters. The van der Waals surface area contributed by atoms with Crippen molar-refractivity contribution in [2.45, 2.75) is 24.7 Å². The molecule has 0 aliphatic carbocycles. The fourth-order valence-corrected chi connectivity index (χ4v) is 4.60. The number of hydrogen-bond acceptors (Lipinski definition) is 5. The van der Waals surface area contributed by atoms with Crippen molar-refractivity contribution < 1.29 is 23.1 Å². The van der Waals surface area contributed by atoms with Crippen LogP contribution in [0.5, 0.6) is 0 Å². The van der Waals surface area contributed by atoms with Crippen molar-refractivity contribution in [3.63, 3.8) is 0 Å². The zero-order valence-corrected chi connectivity index (χ0v) is 18.6. The molecule has 0 spiro atoms. The summed E-state index contributed by atoms with van der Waals surface area (Å²) in [5.74, 6) is -1.76. The van der Waals surface area contributed by atoms with Gasteiger partial charge >= 0.3 is 0 Å². The number of nitrogens with one attached hydrogen (secondary N) is 2. The summed E-state index contributed by atoms with van der Waals surface area (Å²) in [5, 5.41) is 7.47. The molecule has 2 aromatic carbocycles. The van der Waals surface area contributed by atoms with Gasteiger partial charge in [-0.1, -0.05) is 24.3 Å². The molecule has 9 heteroatoms. The van der Waals surface area contributed by atoms with Crippen molar-refractivity contribution in [1.82, 2.24) is 10.3 Å². The van der Waals surface area contributed by atoms with Crippen LogP contribution in [0.25, 0.3) is 0 Å². The van der Waals surface area contributed by atoms with Crippen LogP contribution in [0.2, 0.25) is 0 Å². The number of aromatic nitrogens is 1. The molecule has 33 heavy (non-hydrogen) atoms. The average Bonchev–Trinajstić information content (AvgIpc) is 3.25. The van der Waals surface area contributed by atoms with Crippen LogP contribution >= 0.6 is 11.3 Å². The predicted molar refractivity (Wildman–Crippen MR) is 121 cm³/mol. The van der Waals surface area contributed by atoms with Gasteiger partial charge in [0.2, 0.25) is 5.91 Å². The van der Waals surface area contributed by atoms with E-state index in [9.17, 15) is 18.4 Å². The molecule has 1 aliphatic heterocycles. The maximum atomic E-state index is 13.8. The molecule has 2 heterocycles. The second-order valence-corrected chi connectivity index (χ2v) is 8.79. The van der Waals surface area contributed by atoms with Crippen LogP contribution in [0.3, 0.4) is 0 Å². The summed E-state index contributed by atoms with van der Waals surface area (Å²) in [6, 6.07) is 12.2. The first kappa shape index (κ1) is 23.0. The molecule has 3 aromatic rings. The molecular weight excluding hydrogens is 448 g/mol. The number of nitrogens with zero attached hydrogens (tertiary/aromatic N) is 1. The number of carbonyl (C=O) groups is 2. The molecule has 172 valence electrons. The normalized spacial score (nSPS) is 15.1. The molecule has 1 aromatic heterocycles. The van der Waals surface area contributed by atoms with Crippen LogP contribution in [-0.4, -0.2) is 36.6 Å². The molecule has 1 aliphatic rings. The molecule has 0 radical (unpaired) electrons. The van der Waals surface area contributed by atoms with E-state index in [1.807, 2.05) is 6.07 Å². The number of rotatable bonds is 7. The highest BCUT2D eigenvalue weighted by Crippen LogP contribution is 2.34. The van der Waals surface area contributed by atoms with E-state index in [1.54, 1.807) is 17.5 Å². The number of carbonyl (C=O) groups excluding carboxylic acids is 2. The molecule has 2 amide bonds. The quantitative estimate of drug-likeness (QED) is 0.544. The molecule has 0 bridgehead atoms. The van der Waals surface area contributed by atoms with E-state index in [2.05, 4.69) is 15.6 Å². The number of halogens is 2. The van der Waals surface area contributed by atoms with Crippen LogP contribution in [0, 0.1) is 11.6 Å². The highest BCUT2D eigenvalue weighted by molar-refractivity contribution is 7.14.